The Bertz CT molecular complexity index is 342. The second-order valence-corrected chi connectivity index (χ2v) is 3.85. The van der Waals surface area contributed by atoms with E-state index in [9.17, 15) is 9.18 Å². The van der Waals surface area contributed by atoms with E-state index in [1.54, 1.807) is 30.3 Å². The molecule has 1 aliphatic carbocycles. The van der Waals surface area contributed by atoms with Gasteiger partial charge in [0.05, 0.1) is 5.56 Å². The van der Waals surface area contributed by atoms with Gasteiger partial charge < -0.3 is 4.74 Å². The molecule has 2 nitrogen and oxygen atoms in total. The van der Waals surface area contributed by atoms with Crippen LogP contribution in [0.25, 0.3) is 0 Å². The number of carbonyl (C=O) groups is 1. The van der Waals surface area contributed by atoms with E-state index in [2.05, 4.69) is 0 Å². The molecule has 1 aromatic carbocycles. The first-order chi connectivity index (χ1) is 7.20. The van der Waals surface area contributed by atoms with E-state index in [0.29, 0.717) is 18.4 Å². The molecule has 15 heavy (non-hydrogen) atoms. The number of esters is 1. The molecule has 1 saturated carbocycles. The monoisotopic (exact) mass is 208 g/mol. The third-order valence-electron chi connectivity index (χ3n) is 2.64. The molecule has 0 amide bonds. The van der Waals surface area contributed by atoms with Crippen LogP contribution in [0.5, 0.6) is 0 Å². The molecule has 0 bridgehead atoms. The van der Waals surface area contributed by atoms with Crippen LogP contribution in [0.3, 0.4) is 0 Å². The summed E-state index contributed by atoms with van der Waals surface area (Å²) in [5.41, 5.74) is 0.404. The van der Waals surface area contributed by atoms with Crippen molar-refractivity contribution in [1.29, 1.82) is 0 Å². The molecule has 1 aliphatic rings. The first-order valence-corrected chi connectivity index (χ1v) is 5.17. The van der Waals surface area contributed by atoms with Gasteiger partial charge in [-0.3, -0.25) is 0 Å². The van der Waals surface area contributed by atoms with Gasteiger partial charge in [-0.1, -0.05) is 18.2 Å². The van der Waals surface area contributed by atoms with Gasteiger partial charge in [0.2, 0.25) is 0 Å². The van der Waals surface area contributed by atoms with Crippen LogP contribution in [0.4, 0.5) is 4.39 Å². The summed E-state index contributed by atoms with van der Waals surface area (Å²) in [6.45, 7) is 0. The lowest BCUT2D eigenvalue weighted by Crippen LogP contribution is -2.26. The van der Waals surface area contributed by atoms with Crippen LogP contribution in [0.15, 0.2) is 30.3 Å². The van der Waals surface area contributed by atoms with Gasteiger partial charge in [-0.2, -0.15) is 4.39 Å². The van der Waals surface area contributed by atoms with Crippen LogP contribution in [0, 0.1) is 0 Å². The Labute approximate surface area is 88.1 Å². The van der Waals surface area contributed by atoms with E-state index < -0.39 is 11.8 Å². The topological polar surface area (TPSA) is 26.3 Å². The van der Waals surface area contributed by atoms with Gasteiger partial charge in [0.25, 0.3) is 5.85 Å². The molecule has 3 heteroatoms. The lowest BCUT2D eigenvalue weighted by molar-refractivity contribution is -0.0977. The van der Waals surface area contributed by atoms with Crippen LogP contribution in [-0.4, -0.2) is 11.8 Å². The summed E-state index contributed by atoms with van der Waals surface area (Å²) in [4.78, 5) is 11.5. The van der Waals surface area contributed by atoms with E-state index in [1.807, 2.05) is 0 Å². The number of ether oxygens (including phenoxy) is 1. The predicted molar refractivity (Wildman–Crippen MR) is 54.2 cm³/mol. The number of alkyl halides is 1. The van der Waals surface area contributed by atoms with E-state index in [1.165, 1.54) is 0 Å². The van der Waals surface area contributed by atoms with Crippen molar-refractivity contribution in [3.8, 4) is 0 Å². The molecule has 0 saturated heterocycles. The quantitative estimate of drug-likeness (QED) is 0.698. The summed E-state index contributed by atoms with van der Waals surface area (Å²) in [5, 5.41) is 0. The summed E-state index contributed by atoms with van der Waals surface area (Å²) in [6, 6.07) is 8.52. The average Bonchev–Trinajstić information content (AvgIpc) is 2.66. The predicted octanol–water partition coefficient (Wildman–Crippen LogP) is 3.08. The molecule has 0 heterocycles. The van der Waals surface area contributed by atoms with Crippen molar-refractivity contribution in [2.75, 3.05) is 0 Å². The molecule has 80 valence electrons. The summed E-state index contributed by atoms with van der Waals surface area (Å²) < 4.78 is 18.7. The fourth-order valence-corrected chi connectivity index (χ4v) is 1.80. The van der Waals surface area contributed by atoms with Gasteiger partial charge in [-0.05, 0) is 25.0 Å². The molecule has 0 spiro atoms. The van der Waals surface area contributed by atoms with Gasteiger partial charge in [0, 0.05) is 12.8 Å². The summed E-state index contributed by atoms with van der Waals surface area (Å²) in [6.07, 6.45) is 2.23. The molecular formula is C12H13FO2. The normalized spacial score (nSPS) is 18.7. The van der Waals surface area contributed by atoms with Crippen molar-refractivity contribution < 1.29 is 13.9 Å². The standard InChI is InChI=1S/C12H13FO2/c13-12(8-4-5-9-12)15-11(14)10-6-2-1-3-7-10/h1-3,6-7H,4-5,8-9H2. The summed E-state index contributed by atoms with van der Waals surface area (Å²) >= 11 is 0. The Balaban J connectivity index is 2.04. The Morgan fingerprint density at radius 3 is 2.40 bits per heavy atom. The number of halogens is 1. The second-order valence-electron chi connectivity index (χ2n) is 3.85. The minimum atomic E-state index is -1.73. The summed E-state index contributed by atoms with van der Waals surface area (Å²) in [7, 11) is 0. The van der Waals surface area contributed by atoms with Crippen LogP contribution >= 0.6 is 0 Å². The lowest BCUT2D eigenvalue weighted by atomic mass is 10.2. The smallest absolute Gasteiger partial charge is 0.340 e. The van der Waals surface area contributed by atoms with Crippen molar-refractivity contribution >= 4 is 5.97 Å². The van der Waals surface area contributed by atoms with E-state index in [0.717, 1.165) is 12.8 Å². The fraction of sp³-hybridized carbons (Fsp3) is 0.417. The minimum absolute atomic E-state index is 0.325. The van der Waals surface area contributed by atoms with Crippen LogP contribution in [0.2, 0.25) is 0 Å². The highest BCUT2D eigenvalue weighted by molar-refractivity contribution is 5.89. The molecule has 1 fully saturated rings. The summed E-state index contributed by atoms with van der Waals surface area (Å²) in [5.74, 6) is -2.30. The average molecular weight is 208 g/mol. The Hall–Kier alpha value is -1.38. The van der Waals surface area contributed by atoms with Crippen molar-refractivity contribution in [3.63, 3.8) is 0 Å². The highest BCUT2D eigenvalue weighted by Crippen LogP contribution is 2.34. The largest absolute Gasteiger partial charge is 0.425 e. The number of rotatable bonds is 2. The van der Waals surface area contributed by atoms with Gasteiger partial charge >= 0.3 is 5.97 Å². The minimum Gasteiger partial charge on any atom is -0.425 e. The molecule has 0 radical (unpaired) electrons. The van der Waals surface area contributed by atoms with Crippen LogP contribution in [0.1, 0.15) is 36.0 Å². The molecule has 0 atom stereocenters. The highest BCUT2D eigenvalue weighted by atomic mass is 19.2. The maximum absolute atomic E-state index is 13.8. The number of carbonyl (C=O) groups excluding carboxylic acids is 1. The maximum atomic E-state index is 13.8. The van der Waals surface area contributed by atoms with Crippen molar-refractivity contribution in [3.05, 3.63) is 35.9 Å². The zero-order valence-corrected chi connectivity index (χ0v) is 8.41. The molecular weight excluding hydrogens is 195 g/mol. The molecule has 0 aromatic heterocycles. The Morgan fingerprint density at radius 1 is 1.20 bits per heavy atom. The van der Waals surface area contributed by atoms with Crippen molar-refractivity contribution in [2.45, 2.75) is 31.5 Å². The molecule has 2 rings (SSSR count). The van der Waals surface area contributed by atoms with Gasteiger partial charge in [-0.15, -0.1) is 0 Å². The van der Waals surface area contributed by atoms with Gasteiger partial charge in [0.1, 0.15) is 0 Å². The molecule has 0 N–H and O–H groups in total. The lowest BCUT2D eigenvalue weighted by Gasteiger charge is -2.19. The maximum Gasteiger partial charge on any atom is 0.340 e. The third-order valence-corrected chi connectivity index (χ3v) is 2.64. The van der Waals surface area contributed by atoms with Gasteiger partial charge in [-0.25, -0.2) is 4.79 Å². The first kappa shape index (κ1) is 10.1. The zero-order chi connectivity index (χ0) is 10.7. The third kappa shape index (κ3) is 2.35. The zero-order valence-electron chi connectivity index (χ0n) is 8.41. The van der Waals surface area contributed by atoms with E-state index in [-0.39, 0.29) is 0 Å². The molecule has 1 aromatic rings. The van der Waals surface area contributed by atoms with E-state index >= 15 is 0 Å². The SMILES string of the molecule is O=C(OC1(F)CCCC1)c1ccccc1. The van der Waals surface area contributed by atoms with Gasteiger partial charge in [0.15, 0.2) is 0 Å². The second kappa shape index (κ2) is 4.01. The Morgan fingerprint density at radius 2 is 1.80 bits per heavy atom. The van der Waals surface area contributed by atoms with Crippen LogP contribution in [-0.2, 0) is 4.74 Å². The Kier molecular flexibility index (Phi) is 2.71. The number of benzene rings is 1. The highest BCUT2D eigenvalue weighted by Gasteiger charge is 2.37. The number of hydrogen-bond donors (Lipinski definition) is 0. The number of hydrogen-bond acceptors (Lipinski definition) is 2. The van der Waals surface area contributed by atoms with E-state index in [4.69, 9.17) is 4.74 Å². The van der Waals surface area contributed by atoms with Crippen molar-refractivity contribution in [1.82, 2.24) is 0 Å². The first-order valence-electron chi connectivity index (χ1n) is 5.17. The fourth-order valence-electron chi connectivity index (χ4n) is 1.80. The molecule has 0 unspecified atom stereocenters. The molecule has 0 aliphatic heterocycles. The van der Waals surface area contributed by atoms with Crippen LogP contribution < -0.4 is 0 Å². The van der Waals surface area contributed by atoms with Crippen molar-refractivity contribution in [2.24, 2.45) is 0 Å².